The molecule has 0 aliphatic carbocycles. The van der Waals surface area contributed by atoms with E-state index in [4.69, 9.17) is 16.3 Å². The Morgan fingerprint density at radius 3 is 2.65 bits per heavy atom. The fraction of sp³-hybridized carbons (Fsp3) is 0.538. The molecular weight excluding hydrogens is 285 g/mol. The van der Waals surface area contributed by atoms with E-state index in [2.05, 4.69) is 10.2 Å². The third-order valence-corrected chi connectivity index (χ3v) is 3.63. The van der Waals surface area contributed by atoms with Gasteiger partial charge in [0, 0.05) is 19.2 Å². The van der Waals surface area contributed by atoms with Gasteiger partial charge < -0.3 is 4.74 Å². The van der Waals surface area contributed by atoms with Crippen molar-refractivity contribution in [2.24, 2.45) is 5.29 Å². The molecule has 1 aliphatic rings. The van der Waals surface area contributed by atoms with Crippen LogP contribution in [0.3, 0.4) is 0 Å². The lowest BCUT2D eigenvalue weighted by molar-refractivity contribution is -0.00994. The predicted molar refractivity (Wildman–Crippen MR) is 75.1 cm³/mol. The fourth-order valence-corrected chi connectivity index (χ4v) is 2.32. The summed E-state index contributed by atoms with van der Waals surface area (Å²) in [6.07, 6.45) is 0.614. The van der Waals surface area contributed by atoms with Gasteiger partial charge in [0.2, 0.25) is 0 Å². The van der Waals surface area contributed by atoms with Crippen molar-refractivity contribution in [2.45, 2.75) is 19.6 Å². The minimum absolute atomic E-state index is 0.0797. The summed E-state index contributed by atoms with van der Waals surface area (Å²) in [6.45, 7) is 4.55. The summed E-state index contributed by atoms with van der Waals surface area (Å²) in [6, 6.07) is 4.42. The van der Waals surface area contributed by atoms with Crippen LogP contribution in [-0.4, -0.2) is 42.3 Å². The molecule has 1 atom stereocenters. The number of nitroso groups, excluding NO2 is 1. The second-order valence-corrected chi connectivity index (χ2v) is 5.04. The second-order valence-electron chi connectivity index (χ2n) is 4.63. The highest BCUT2D eigenvalue weighted by molar-refractivity contribution is 6.30. The third kappa shape index (κ3) is 3.58. The van der Waals surface area contributed by atoms with Crippen molar-refractivity contribution < 1.29 is 9.13 Å². The summed E-state index contributed by atoms with van der Waals surface area (Å²) >= 11 is 5.65. The van der Waals surface area contributed by atoms with Crippen LogP contribution in [0.4, 0.5) is 4.39 Å². The SMILES string of the molecule is CC[C@H](Oc1ccc(Cl)c(F)c1)N1CCN(N=O)CC1. The molecule has 1 heterocycles. The van der Waals surface area contributed by atoms with Gasteiger partial charge >= 0.3 is 0 Å². The number of piperazine rings is 1. The Morgan fingerprint density at radius 1 is 1.40 bits per heavy atom. The van der Waals surface area contributed by atoms with Crippen LogP contribution in [-0.2, 0) is 0 Å². The smallest absolute Gasteiger partial charge is 0.152 e. The Morgan fingerprint density at radius 2 is 2.10 bits per heavy atom. The van der Waals surface area contributed by atoms with E-state index in [0.29, 0.717) is 31.9 Å². The lowest BCUT2D eigenvalue weighted by Crippen LogP contribution is -2.50. The highest BCUT2D eigenvalue weighted by Gasteiger charge is 2.24. The molecule has 0 amide bonds. The fourth-order valence-electron chi connectivity index (χ4n) is 2.20. The molecule has 0 saturated carbocycles. The first kappa shape index (κ1) is 15.0. The number of nitrogens with zero attached hydrogens (tertiary/aromatic N) is 3. The van der Waals surface area contributed by atoms with E-state index >= 15 is 0 Å². The van der Waals surface area contributed by atoms with Crippen LogP contribution in [0.5, 0.6) is 5.75 Å². The van der Waals surface area contributed by atoms with Crippen molar-refractivity contribution in [2.75, 3.05) is 26.2 Å². The Hall–Kier alpha value is -1.40. The van der Waals surface area contributed by atoms with Crippen molar-refractivity contribution in [1.82, 2.24) is 9.91 Å². The molecule has 1 aromatic carbocycles. The lowest BCUT2D eigenvalue weighted by Gasteiger charge is -2.36. The number of rotatable bonds is 5. The molecule has 2 rings (SSSR count). The van der Waals surface area contributed by atoms with E-state index in [9.17, 15) is 9.30 Å². The van der Waals surface area contributed by atoms with Crippen LogP contribution in [0.1, 0.15) is 13.3 Å². The quantitative estimate of drug-likeness (QED) is 0.785. The topological polar surface area (TPSA) is 45.1 Å². The molecule has 1 saturated heterocycles. The van der Waals surface area contributed by atoms with Crippen molar-refractivity contribution in [3.05, 3.63) is 33.9 Å². The van der Waals surface area contributed by atoms with Gasteiger partial charge in [-0.1, -0.05) is 18.5 Å². The van der Waals surface area contributed by atoms with Gasteiger partial charge in [0.15, 0.2) is 6.23 Å². The molecule has 0 spiro atoms. The molecule has 0 N–H and O–H groups in total. The maximum atomic E-state index is 13.4. The second kappa shape index (κ2) is 6.85. The number of benzene rings is 1. The first-order valence-electron chi connectivity index (χ1n) is 6.58. The molecule has 5 nitrogen and oxygen atoms in total. The molecule has 20 heavy (non-hydrogen) atoms. The summed E-state index contributed by atoms with van der Waals surface area (Å²) in [5, 5.41) is 4.49. The lowest BCUT2D eigenvalue weighted by atomic mass is 10.3. The number of hydrogen-bond donors (Lipinski definition) is 0. The van der Waals surface area contributed by atoms with Gasteiger partial charge in [-0.25, -0.2) is 4.39 Å². The van der Waals surface area contributed by atoms with Gasteiger partial charge in [-0.15, -0.1) is 4.91 Å². The minimum Gasteiger partial charge on any atom is -0.475 e. The van der Waals surface area contributed by atoms with Crippen molar-refractivity contribution in [3.63, 3.8) is 0 Å². The van der Waals surface area contributed by atoms with Gasteiger partial charge in [0.1, 0.15) is 11.6 Å². The van der Waals surface area contributed by atoms with Crippen LogP contribution >= 0.6 is 11.6 Å². The molecule has 1 aliphatic heterocycles. The highest BCUT2D eigenvalue weighted by atomic mass is 35.5. The summed E-state index contributed by atoms with van der Waals surface area (Å²) in [5.74, 6) is -0.0383. The van der Waals surface area contributed by atoms with Gasteiger partial charge in [0.25, 0.3) is 0 Å². The maximum absolute atomic E-state index is 13.4. The van der Waals surface area contributed by atoms with E-state index in [0.717, 1.165) is 6.42 Å². The van der Waals surface area contributed by atoms with E-state index in [1.807, 2.05) is 6.92 Å². The number of hydrogen-bond acceptors (Lipinski definition) is 4. The summed E-state index contributed by atoms with van der Waals surface area (Å²) < 4.78 is 19.2. The molecular formula is C13H17ClFN3O2. The van der Waals surface area contributed by atoms with Crippen molar-refractivity contribution >= 4 is 11.6 Å². The van der Waals surface area contributed by atoms with Gasteiger partial charge in [-0.2, -0.15) is 0 Å². The van der Waals surface area contributed by atoms with E-state index in [1.165, 1.54) is 17.1 Å². The molecule has 0 aromatic heterocycles. The zero-order chi connectivity index (χ0) is 14.5. The van der Waals surface area contributed by atoms with Gasteiger partial charge in [0.05, 0.1) is 23.4 Å². The van der Waals surface area contributed by atoms with Crippen LogP contribution in [0, 0.1) is 10.7 Å². The van der Waals surface area contributed by atoms with Gasteiger partial charge in [-0.3, -0.25) is 9.91 Å². The summed E-state index contributed by atoms with van der Waals surface area (Å²) in [4.78, 5) is 12.6. The summed E-state index contributed by atoms with van der Waals surface area (Å²) in [7, 11) is 0. The zero-order valence-corrected chi connectivity index (χ0v) is 12.0. The first-order chi connectivity index (χ1) is 9.63. The van der Waals surface area contributed by atoms with E-state index in [1.54, 1.807) is 6.07 Å². The standard InChI is InChI=1S/C13H17ClFN3O2/c1-2-13(17-5-7-18(16-19)8-6-17)20-10-3-4-11(14)12(15)9-10/h3-4,9,13H,2,5-8H2,1H3/t13-/m0/s1. The molecule has 1 fully saturated rings. The maximum Gasteiger partial charge on any atom is 0.152 e. The van der Waals surface area contributed by atoms with Crippen molar-refractivity contribution in [3.8, 4) is 5.75 Å². The van der Waals surface area contributed by atoms with Crippen molar-refractivity contribution in [1.29, 1.82) is 0 Å². The molecule has 0 unspecified atom stereocenters. The Labute approximate surface area is 122 Å². The first-order valence-corrected chi connectivity index (χ1v) is 6.95. The van der Waals surface area contributed by atoms with Crippen LogP contribution in [0.15, 0.2) is 23.5 Å². The number of ether oxygens (including phenoxy) is 1. The minimum atomic E-state index is -0.492. The largest absolute Gasteiger partial charge is 0.475 e. The highest BCUT2D eigenvalue weighted by Crippen LogP contribution is 2.23. The Bertz CT molecular complexity index is 467. The predicted octanol–water partition coefficient (Wildman–Crippen LogP) is 2.89. The molecule has 1 aromatic rings. The molecule has 7 heteroatoms. The average Bonchev–Trinajstić information content (AvgIpc) is 2.48. The normalized spacial score (nSPS) is 17.9. The van der Waals surface area contributed by atoms with E-state index < -0.39 is 5.82 Å². The molecule has 0 bridgehead atoms. The zero-order valence-electron chi connectivity index (χ0n) is 11.3. The Kier molecular flexibility index (Phi) is 5.14. The molecule has 110 valence electrons. The average molecular weight is 302 g/mol. The van der Waals surface area contributed by atoms with Gasteiger partial charge in [-0.05, 0) is 18.6 Å². The molecule has 0 radical (unpaired) electrons. The van der Waals surface area contributed by atoms with E-state index in [-0.39, 0.29) is 11.3 Å². The summed E-state index contributed by atoms with van der Waals surface area (Å²) in [5.41, 5.74) is 0. The van der Waals surface area contributed by atoms with Crippen LogP contribution < -0.4 is 4.74 Å². The monoisotopic (exact) mass is 301 g/mol. The number of halogens is 2. The van der Waals surface area contributed by atoms with Crippen LogP contribution in [0.2, 0.25) is 5.02 Å². The Balaban J connectivity index is 1.98. The van der Waals surface area contributed by atoms with Crippen LogP contribution in [0.25, 0.3) is 0 Å². The third-order valence-electron chi connectivity index (χ3n) is 3.33.